The number of carbonyl (C=O) groups is 1. The number of halogens is 2. The Morgan fingerprint density at radius 1 is 1.36 bits per heavy atom. The predicted octanol–water partition coefficient (Wildman–Crippen LogP) is 3.76. The third kappa shape index (κ3) is 3.96. The molecule has 0 aliphatic carbocycles. The van der Waals surface area contributed by atoms with Gasteiger partial charge in [0, 0.05) is 5.02 Å². The number of carbonyl (C=O) groups excluding carboxylic acids is 1. The van der Waals surface area contributed by atoms with Crippen molar-refractivity contribution in [2.45, 2.75) is 13.0 Å². The molecule has 0 heterocycles. The maximum Gasteiger partial charge on any atom is 0.265 e. The van der Waals surface area contributed by atoms with Crippen LogP contribution >= 0.6 is 11.6 Å². The lowest BCUT2D eigenvalue weighted by molar-refractivity contribution is -0.122. The van der Waals surface area contributed by atoms with Crippen molar-refractivity contribution >= 4 is 23.2 Å². The fraction of sp³-hybridized carbons (Fsp3) is 0.125. The third-order valence-electron chi connectivity index (χ3n) is 2.83. The predicted molar refractivity (Wildman–Crippen MR) is 81.3 cm³/mol. The smallest absolute Gasteiger partial charge is 0.265 e. The fourth-order valence-corrected chi connectivity index (χ4v) is 1.90. The highest BCUT2D eigenvalue weighted by atomic mass is 35.5. The van der Waals surface area contributed by atoms with Crippen molar-refractivity contribution in [1.29, 1.82) is 5.26 Å². The van der Waals surface area contributed by atoms with Crippen LogP contribution in [0.5, 0.6) is 5.75 Å². The highest BCUT2D eigenvalue weighted by Gasteiger charge is 2.17. The van der Waals surface area contributed by atoms with E-state index >= 15 is 0 Å². The molecule has 4 nitrogen and oxygen atoms in total. The first-order valence-corrected chi connectivity index (χ1v) is 6.80. The number of amides is 1. The van der Waals surface area contributed by atoms with Crippen molar-refractivity contribution in [2.75, 3.05) is 5.32 Å². The van der Waals surface area contributed by atoms with E-state index in [0.29, 0.717) is 16.3 Å². The van der Waals surface area contributed by atoms with E-state index in [1.165, 1.54) is 31.2 Å². The molecule has 0 bridgehead atoms. The van der Waals surface area contributed by atoms with Crippen LogP contribution in [0.1, 0.15) is 12.5 Å². The molecule has 1 unspecified atom stereocenters. The minimum atomic E-state index is -0.868. The van der Waals surface area contributed by atoms with Gasteiger partial charge in [0.1, 0.15) is 11.6 Å². The summed E-state index contributed by atoms with van der Waals surface area (Å²) in [7, 11) is 0. The Labute approximate surface area is 132 Å². The zero-order valence-electron chi connectivity index (χ0n) is 11.6. The van der Waals surface area contributed by atoms with Crippen molar-refractivity contribution in [3.8, 4) is 11.8 Å². The summed E-state index contributed by atoms with van der Waals surface area (Å²) in [4.78, 5) is 12.0. The summed E-state index contributed by atoms with van der Waals surface area (Å²) in [5, 5.41) is 11.5. The van der Waals surface area contributed by atoms with Crippen LogP contribution < -0.4 is 10.1 Å². The Morgan fingerprint density at radius 3 is 2.86 bits per heavy atom. The molecule has 0 radical (unpaired) electrons. The zero-order chi connectivity index (χ0) is 16.1. The molecular formula is C16H12ClFN2O2. The number of benzene rings is 2. The summed E-state index contributed by atoms with van der Waals surface area (Å²) < 4.78 is 19.0. The molecule has 0 fully saturated rings. The number of nitriles is 1. The molecule has 1 atom stereocenters. The Kier molecular flexibility index (Phi) is 4.97. The summed E-state index contributed by atoms with van der Waals surface area (Å²) in [6, 6.07) is 12.3. The van der Waals surface area contributed by atoms with Crippen LogP contribution in [0.25, 0.3) is 0 Å². The average Bonchev–Trinajstić information content (AvgIpc) is 2.51. The topological polar surface area (TPSA) is 62.1 Å². The van der Waals surface area contributed by atoms with Crippen molar-refractivity contribution in [3.63, 3.8) is 0 Å². The highest BCUT2D eigenvalue weighted by Crippen LogP contribution is 2.20. The summed E-state index contributed by atoms with van der Waals surface area (Å²) in [6.07, 6.45) is -0.868. The summed E-state index contributed by atoms with van der Waals surface area (Å²) in [6.45, 7) is 1.52. The first-order chi connectivity index (χ1) is 10.5. The first kappa shape index (κ1) is 15.8. The van der Waals surface area contributed by atoms with Gasteiger partial charge >= 0.3 is 0 Å². The molecular weight excluding hydrogens is 307 g/mol. The molecule has 6 heteroatoms. The van der Waals surface area contributed by atoms with E-state index in [9.17, 15) is 9.18 Å². The van der Waals surface area contributed by atoms with E-state index in [1.807, 2.05) is 6.07 Å². The monoisotopic (exact) mass is 318 g/mol. The van der Waals surface area contributed by atoms with E-state index in [2.05, 4.69) is 5.32 Å². The van der Waals surface area contributed by atoms with Gasteiger partial charge in [-0.15, -0.1) is 0 Å². The van der Waals surface area contributed by atoms with Gasteiger partial charge in [-0.2, -0.15) is 5.26 Å². The normalized spacial score (nSPS) is 11.4. The zero-order valence-corrected chi connectivity index (χ0v) is 12.4. The van der Waals surface area contributed by atoms with Crippen LogP contribution in [0.2, 0.25) is 5.02 Å². The molecule has 0 saturated heterocycles. The van der Waals surface area contributed by atoms with Crippen molar-refractivity contribution in [2.24, 2.45) is 0 Å². The molecule has 2 aromatic carbocycles. The Balaban J connectivity index is 2.06. The van der Waals surface area contributed by atoms with Crippen LogP contribution in [-0.2, 0) is 4.79 Å². The van der Waals surface area contributed by atoms with Gasteiger partial charge in [0.05, 0.1) is 17.3 Å². The van der Waals surface area contributed by atoms with Crippen molar-refractivity contribution in [1.82, 2.24) is 0 Å². The SMILES string of the molecule is CC(Oc1cccc(C#N)c1)C(=O)Nc1cc(Cl)ccc1F. The maximum absolute atomic E-state index is 13.6. The van der Waals surface area contributed by atoms with E-state index in [4.69, 9.17) is 21.6 Å². The largest absolute Gasteiger partial charge is 0.481 e. The van der Waals surface area contributed by atoms with Gasteiger partial charge in [-0.1, -0.05) is 17.7 Å². The Morgan fingerprint density at radius 2 is 2.14 bits per heavy atom. The molecule has 0 spiro atoms. The van der Waals surface area contributed by atoms with Crippen molar-refractivity contribution < 1.29 is 13.9 Å². The van der Waals surface area contributed by atoms with Crippen LogP contribution in [0.4, 0.5) is 10.1 Å². The minimum Gasteiger partial charge on any atom is -0.481 e. The van der Waals surface area contributed by atoms with Gasteiger partial charge < -0.3 is 10.1 Å². The second-order valence-corrected chi connectivity index (χ2v) is 4.95. The molecule has 0 aliphatic rings. The summed E-state index contributed by atoms with van der Waals surface area (Å²) in [5.41, 5.74) is 0.407. The number of nitrogens with zero attached hydrogens (tertiary/aromatic N) is 1. The molecule has 22 heavy (non-hydrogen) atoms. The standard InChI is InChI=1S/C16H12ClFN2O2/c1-10(22-13-4-2-3-11(7-13)9-19)16(21)20-15-8-12(17)5-6-14(15)18/h2-8,10H,1H3,(H,20,21). The minimum absolute atomic E-state index is 0.0151. The van der Waals surface area contributed by atoms with E-state index in [-0.39, 0.29) is 5.69 Å². The van der Waals surface area contributed by atoms with Crippen molar-refractivity contribution in [3.05, 3.63) is 58.9 Å². The lowest BCUT2D eigenvalue weighted by Gasteiger charge is -2.15. The molecule has 0 aliphatic heterocycles. The van der Waals surface area contributed by atoms with Gasteiger partial charge in [0.25, 0.3) is 5.91 Å². The van der Waals surface area contributed by atoms with Gasteiger partial charge in [-0.3, -0.25) is 4.79 Å². The highest BCUT2D eigenvalue weighted by molar-refractivity contribution is 6.30. The van der Waals surface area contributed by atoms with E-state index in [1.54, 1.807) is 18.2 Å². The third-order valence-corrected chi connectivity index (χ3v) is 3.07. The number of hydrogen-bond acceptors (Lipinski definition) is 3. The van der Waals surface area contributed by atoms with E-state index in [0.717, 1.165) is 0 Å². The van der Waals surface area contributed by atoms with Gasteiger partial charge in [0.2, 0.25) is 0 Å². The summed E-state index contributed by atoms with van der Waals surface area (Å²) >= 11 is 5.76. The molecule has 1 N–H and O–H groups in total. The van der Waals surface area contributed by atoms with Gasteiger partial charge in [0.15, 0.2) is 6.10 Å². The lowest BCUT2D eigenvalue weighted by atomic mass is 10.2. The average molecular weight is 319 g/mol. The molecule has 112 valence electrons. The lowest BCUT2D eigenvalue weighted by Crippen LogP contribution is -2.30. The van der Waals surface area contributed by atoms with Crippen LogP contribution in [0.15, 0.2) is 42.5 Å². The number of nitrogens with one attached hydrogen (secondary N) is 1. The molecule has 0 aromatic heterocycles. The second-order valence-electron chi connectivity index (χ2n) is 4.51. The number of hydrogen-bond donors (Lipinski definition) is 1. The Bertz CT molecular complexity index is 743. The Hall–Kier alpha value is -2.58. The first-order valence-electron chi connectivity index (χ1n) is 6.42. The number of rotatable bonds is 4. The number of anilines is 1. The van der Waals surface area contributed by atoms with Gasteiger partial charge in [-0.25, -0.2) is 4.39 Å². The maximum atomic E-state index is 13.6. The van der Waals surface area contributed by atoms with Crippen LogP contribution in [0, 0.1) is 17.1 Å². The summed E-state index contributed by atoms with van der Waals surface area (Å²) in [5.74, 6) is -0.728. The van der Waals surface area contributed by atoms with Gasteiger partial charge in [-0.05, 0) is 43.3 Å². The molecule has 2 rings (SSSR count). The fourth-order valence-electron chi connectivity index (χ4n) is 1.72. The second kappa shape index (κ2) is 6.92. The van der Waals surface area contributed by atoms with Crippen LogP contribution in [-0.4, -0.2) is 12.0 Å². The number of ether oxygens (including phenoxy) is 1. The molecule has 0 saturated carbocycles. The van der Waals surface area contributed by atoms with Crippen LogP contribution in [0.3, 0.4) is 0 Å². The molecule has 2 aromatic rings. The molecule has 1 amide bonds. The van der Waals surface area contributed by atoms with E-state index < -0.39 is 17.8 Å². The quantitative estimate of drug-likeness (QED) is 0.933.